The van der Waals surface area contributed by atoms with Gasteiger partial charge in [-0.25, -0.2) is 4.79 Å². The number of rotatable bonds is 2. The first-order valence-corrected chi connectivity index (χ1v) is 10.2. The summed E-state index contributed by atoms with van der Waals surface area (Å²) in [5, 5.41) is 10.2. The van der Waals surface area contributed by atoms with Crippen molar-refractivity contribution in [3.8, 4) is 11.5 Å². The van der Waals surface area contributed by atoms with Crippen molar-refractivity contribution in [3.63, 3.8) is 0 Å². The average Bonchev–Trinajstić information content (AvgIpc) is 2.21. The van der Waals surface area contributed by atoms with Crippen LogP contribution in [0.4, 0.5) is 0 Å². The van der Waals surface area contributed by atoms with Gasteiger partial charge in [-0.15, -0.1) is 5.54 Å². The number of cyclic esters (lactones) is 1. The van der Waals surface area contributed by atoms with Crippen LogP contribution in [0.2, 0.25) is 18.1 Å². The fourth-order valence-corrected chi connectivity index (χ4v) is 2.47. The van der Waals surface area contributed by atoms with Crippen LogP contribution in [0.25, 0.3) is 0 Å². The zero-order chi connectivity index (χ0) is 16.5. The molecule has 118 valence electrons. The average molecular weight is 310 g/mol. The second kappa shape index (κ2) is 5.86. The third-order valence-corrected chi connectivity index (χ3v) is 8.34. The van der Waals surface area contributed by atoms with Gasteiger partial charge >= 0.3 is 5.97 Å². The summed E-state index contributed by atoms with van der Waals surface area (Å²) < 4.78 is 10.5. The van der Waals surface area contributed by atoms with Gasteiger partial charge in [0.2, 0.25) is 5.79 Å². The van der Waals surface area contributed by atoms with E-state index in [1.807, 2.05) is 0 Å². The largest absolute Gasteiger partial charge is 0.457 e. The number of aliphatic hydroxyl groups excluding tert-OH is 1. The van der Waals surface area contributed by atoms with Gasteiger partial charge in [-0.05, 0) is 5.04 Å². The Hall–Kier alpha value is -1.25. The van der Waals surface area contributed by atoms with Crippen LogP contribution in [0.5, 0.6) is 0 Å². The fourth-order valence-electron chi connectivity index (χ4n) is 1.56. The van der Waals surface area contributed by atoms with E-state index in [2.05, 4.69) is 45.3 Å². The summed E-state index contributed by atoms with van der Waals surface area (Å²) in [4.78, 5) is 11.4. The molecule has 0 aromatic carbocycles. The molecule has 1 heterocycles. The molecular formula is C16H26O4Si. The normalized spacial score (nSPS) is 19.6. The molecule has 1 rings (SSSR count). The molecule has 1 aliphatic heterocycles. The maximum atomic E-state index is 11.4. The van der Waals surface area contributed by atoms with Gasteiger partial charge in [-0.1, -0.05) is 39.8 Å². The number of carbonyl (C=O) groups is 1. The quantitative estimate of drug-likeness (QED) is 0.484. The standard InChI is InChI=1S/C16H26O4Si/c1-15(2,3)21(6,7)9-8-12(17)10-13-11-14(18)20-16(4,5)19-13/h11-12,17H,10H2,1-7H3. The minimum absolute atomic E-state index is 0.145. The molecule has 0 radical (unpaired) electrons. The molecule has 0 amide bonds. The number of esters is 1. The van der Waals surface area contributed by atoms with Crippen LogP contribution in [-0.2, 0) is 14.3 Å². The highest BCUT2D eigenvalue weighted by Crippen LogP contribution is 2.35. The first-order chi connectivity index (χ1) is 9.32. The molecule has 1 unspecified atom stereocenters. The highest BCUT2D eigenvalue weighted by Gasteiger charge is 2.34. The summed E-state index contributed by atoms with van der Waals surface area (Å²) in [5.41, 5.74) is 3.26. The lowest BCUT2D eigenvalue weighted by Gasteiger charge is -2.32. The summed E-state index contributed by atoms with van der Waals surface area (Å²) in [6.07, 6.45) is 0.620. The lowest BCUT2D eigenvalue weighted by Crippen LogP contribution is -2.36. The summed E-state index contributed by atoms with van der Waals surface area (Å²) in [5.74, 6) is 1.88. The molecule has 5 heteroatoms. The van der Waals surface area contributed by atoms with E-state index in [-0.39, 0.29) is 11.5 Å². The van der Waals surface area contributed by atoms with Gasteiger partial charge in [-0.3, -0.25) is 0 Å². The predicted octanol–water partition coefficient (Wildman–Crippen LogP) is 2.98. The molecule has 1 N–H and O–H groups in total. The highest BCUT2D eigenvalue weighted by atomic mass is 28.3. The van der Waals surface area contributed by atoms with E-state index in [0.29, 0.717) is 5.76 Å². The van der Waals surface area contributed by atoms with E-state index in [9.17, 15) is 9.90 Å². The maximum absolute atomic E-state index is 11.4. The fraction of sp³-hybridized carbons (Fsp3) is 0.688. The van der Waals surface area contributed by atoms with Gasteiger partial charge < -0.3 is 14.6 Å². The van der Waals surface area contributed by atoms with E-state index < -0.39 is 25.9 Å². The van der Waals surface area contributed by atoms with Crippen LogP contribution >= 0.6 is 0 Å². The first-order valence-electron chi connectivity index (χ1n) is 7.16. The Kier molecular flexibility index (Phi) is 4.96. The minimum Gasteiger partial charge on any atom is -0.457 e. The van der Waals surface area contributed by atoms with Gasteiger partial charge in [0.05, 0.1) is 6.08 Å². The number of ether oxygens (including phenoxy) is 2. The lowest BCUT2D eigenvalue weighted by atomic mass is 10.2. The predicted molar refractivity (Wildman–Crippen MR) is 84.9 cm³/mol. The zero-order valence-corrected chi connectivity index (χ0v) is 15.0. The van der Waals surface area contributed by atoms with Gasteiger partial charge in [0.15, 0.2) is 0 Å². The van der Waals surface area contributed by atoms with Crippen LogP contribution in [0.3, 0.4) is 0 Å². The van der Waals surface area contributed by atoms with Gasteiger partial charge in [0, 0.05) is 20.3 Å². The SMILES string of the molecule is CC1(C)OC(=O)C=C(CC(O)C#C[Si](C)(C)C(C)(C)C)O1. The molecule has 0 aromatic rings. The molecule has 21 heavy (non-hydrogen) atoms. The Bertz CT molecular complexity index is 501. The van der Waals surface area contributed by atoms with Crippen molar-refractivity contribution in [2.75, 3.05) is 0 Å². The number of carbonyl (C=O) groups excluding carboxylic acids is 1. The van der Waals surface area contributed by atoms with Crippen molar-refractivity contribution >= 4 is 14.0 Å². The van der Waals surface area contributed by atoms with Gasteiger partial charge in [0.1, 0.15) is 19.9 Å². The number of hydrogen-bond acceptors (Lipinski definition) is 4. The summed E-state index contributed by atoms with van der Waals surface area (Å²) in [6, 6.07) is 0. The van der Waals surface area contributed by atoms with Gasteiger partial charge in [0.25, 0.3) is 0 Å². The van der Waals surface area contributed by atoms with Crippen molar-refractivity contribution in [3.05, 3.63) is 11.8 Å². The van der Waals surface area contributed by atoms with Crippen molar-refractivity contribution in [1.29, 1.82) is 0 Å². The minimum atomic E-state index is -1.75. The second-order valence-electron chi connectivity index (χ2n) is 7.40. The molecule has 4 nitrogen and oxygen atoms in total. The van der Waals surface area contributed by atoms with E-state index in [1.165, 1.54) is 6.08 Å². The Morgan fingerprint density at radius 2 is 1.90 bits per heavy atom. The molecule has 1 atom stereocenters. The first kappa shape index (κ1) is 17.8. The molecule has 0 spiro atoms. The molecular weight excluding hydrogens is 284 g/mol. The van der Waals surface area contributed by atoms with E-state index >= 15 is 0 Å². The topological polar surface area (TPSA) is 55.8 Å². The Morgan fingerprint density at radius 1 is 1.33 bits per heavy atom. The van der Waals surface area contributed by atoms with Crippen molar-refractivity contribution in [2.24, 2.45) is 0 Å². The van der Waals surface area contributed by atoms with E-state index in [4.69, 9.17) is 9.47 Å². The summed E-state index contributed by atoms with van der Waals surface area (Å²) >= 11 is 0. The number of aliphatic hydroxyl groups is 1. The molecule has 0 aromatic heterocycles. The van der Waals surface area contributed by atoms with Crippen LogP contribution in [0.1, 0.15) is 41.0 Å². The third kappa shape index (κ3) is 5.22. The molecule has 0 bridgehead atoms. The highest BCUT2D eigenvalue weighted by molar-refractivity contribution is 6.87. The Balaban J connectivity index is 2.76. The van der Waals surface area contributed by atoms with Crippen LogP contribution in [-0.4, -0.2) is 31.0 Å². The number of hydrogen-bond donors (Lipinski definition) is 1. The maximum Gasteiger partial charge on any atom is 0.337 e. The second-order valence-corrected chi connectivity index (χ2v) is 12.4. The lowest BCUT2D eigenvalue weighted by molar-refractivity contribution is -0.206. The molecule has 0 aliphatic carbocycles. The molecule has 0 fully saturated rings. The van der Waals surface area contributed by atoms with Crippen LogP contribution < -0.4 is 0 Å². The Labute approximate surface area is 128 Å². The zero-order valence-electron chi connectivity index (χ0n) is 14.0. The van der Waals surface area contributed by atoms with Crippen molar-refractivity contribution in [2.45, 2.75) is 71.1 Å². The molecule has 0 saturated heterocycles. The third-order valence-electron chi connectivity index (χ3n) is 3.82. The van der Waals surface area contributed by atoms with E-state index in [0.717, 1.165) is 0 Å². The van der Waals surface area contributed by atoms with Crippen LogP contribution in [0, 0.1) is 11.5 Å². The van der Waals surface area contributed by atoms with Crippen LogP contribution in [0.15, 0.2) is 11.8 Å². The molecule has 0 saturated carbocycles. The van der Waals surface area contributed by atoms with E-state index in [1.54, 1.807) is 13.8 Å². The Morgan fingerprint density at radius 3 is 2.38 bits per heavy atom. The van der Waals surface area contributed by atoms with Gasteiger partial charge in [-0.2, -0.15) is 0 Å². The van der Waals surface area contributed by atoms with Crippen molar-refractivity contribution in [1.82, 2.24) is 0 Å². The summed E-state index contributed by atoms with van der Waals surface area (Å²) in [6.45, 7) is 14.2. The molecule has 1 aliphatic rings. The van der Waals surface area contributed by atoms with Crippen molar-refractivity contribution < 1.29 is 19.4 Å². The summed E-state index contributed by atoms with van der Waals surface area (Å²) in [7, 11) is -1.75. The monoisotopic (exact) mass is 310 g/mol. The smallest absolute Gasteiger partial charge is 0.337 e.